The number of fused-ring (bicyclic) bond motifs is 1. The van der Waals surface area contributed by atoms with Gasteiger partial charge in [-0.15, -0.1) is 0 Å². The number of amides is 1. The largest absolute Gasteiger partial charge is 0.300 e. The summed E-state index contributed by atoms with van der Waals surface area (Å²) in [4.78, 5) is 23.3. The number of aromatic nitrogens is 4. The summed E-state index contributed by atoms with van der Waals surface area (Å²) in [5, 5.41) is 4.37. The van der Waals surface area contributed by atoms with Crippen molar-refractivity contribution in [2.24, 2.45) is 0 Å². The Kier molecular flexibility index (Phi) is 5.17. The van der Waals surface area contributed by atoms with E-state index in [1.165, 1.54) is 4.31 Å². The summed E-state index contributed by atoms with van der Waals surface area (Å²) in [5.41, 5.74) is 2.26. The van der Waals surface area contributed by atoms with E-state index in [4.69, 9.17) is 0 Å². The number of hydrogen-bond donors (Lipinski definition) is 0. The SMILES string of the molecule is Cc1nn(C(C)C)cc1S(=O)(=O)N1CCC[C@H]1c1nc(C)c2c(n1)N(C)C(=O)CC2. The van der Waals surface area contributed by atoms with Crippen LogP contribution < -0.4 is 4.90 Å². The van der Waals surface area contributed by atoms with Crippen molar-refractivity contribution in [1.29, 1.82) is 0 Å². The molecule has 0 aliphatic carbocycles. The molecule has 1 atom stereocenters. The number of carbonyl (C=O) groups excluding carboxylic acids is 1. The Bertz CT molecular complexity index is 1110. The Labute approximate surface area is 177 Å². The Morgan fingerprint density at radius 2 is 1.87 bits per heavy atom. The summed E-state index contributed by atoms with van der Waals surface area (Å²) in [6, 6.07) is -0.382. The van der Waals surface area contributed by atoms with Crippen LogP contribution in [0.15, 0.2) is 11.1 Å². The standard InChI is InChI=1S/C20H28N6O3S/c1-12(2)25-11-17(14(4)23-25)30(28,29)26-10-6-7-16(26)19-21-13(3)15-8-9-18(27)24(5)20(15)22-19/h11-12,16H,6-10H2,1-5H3/t16-/m0/s1. The van der Waals surface area contributed by atoms with Crippen LogP contribution in [0.2, 0.25) is 0 Å². The molecular formula is C20H28N6O3S. The maximum absolute atomic E-state index is 13.5. The van der Waals surface area contributed by atoms with E-state index in [9.17, 15) is 13.2 Å². The number of hydrogen-bond acceptors (Lipinski definition) is 6. The van der Waals surface area contributed by atoms with Crippen molar-refractivity contribution in [3.8, 4) is 0 Å². The third-order valence-electron chi connectivity index (χ3n) is 5.98. The predicted molar refractivity (Wildman–Crippen MR) is 112 cm³/mol. The summed E-state index contributed by atoms with van der Waals surface area (Å²) in [7, 11) is -2.04. The Morgan fingerprint density at radius 1 is 1.13 bits per heavy atom. The lowest BCUT2D eigenvalue weighted by atomic mass is 10.0. The summed E-state index contributed by atoms with van der Waals surface area (Å²) in [6.07, 6.45) is 4.04. The first-order valence-electron chi connectivity index (χ1n) is 10.3. The molecule has 0 N–H and O–H groups in total. The third kappa shape index (κ3) is 3.31. The van der Waals surface area contributed by atoms with Gasteiger partial charge in [-0.3, -0.25) is 14.4 Å². The molecule has 2 aliphatic rings. The zero-order chi connectivity index (χ0) is 21.8. The molecule has 10 heteroatoms. The van der Waals surface area contributed by atoms with Crippen LogP contribution in [0.25, 0.3) is 0 Å². The molecule has 1 amide bonds. The van der Waals surface area contributed by atoms with Gasteiger partial charge in [-0.05, 0) is 47.0 Å². The molecule has 2 aromatic heterocycles. The number of carbonyl (C=O) groups is 1. The first-order valence-corrected chi connectivity index (χ1v) is 11.8. The minimum absolute atomic E-state index is 0.0131. The van der Waals surface area contributed by atoms with Crippen LogP contribution in [0.1, 0.15) is 68.0 Å². The van der Waals surface area contributed by atoms with Crippen LogP contribution in [0.3, 0.4) is 0 Å². The molecule has 0 bridgehead atoms. The Balaban J connectivity index is 1.74. The second-order valence-electron chi connectivity index (χ2n) is 8.35. The van der Waals surface area contributed by atoms with Crippen LogP contribution in [0.5, 0.6) is 0 Å². The molecule has 0 aromatic carbocycles. The normalized spacial score (nSPS) is 20.3. The molecule has 0 saturated carbocycles. The van der Waals surface area contributed by atoms with Crippen molar-refractivity contribution in [2.45, 2.75) is 70.4 Å². The van der Waals surface area contributed by atoms with Crippen molar-refractivity contribution in [2.75, 3.05) is 18.5 Å². The summed E-state index contributed by atoms with van der Waals surface area (Å²) in [6.45, 7) is 7.95. The molecule has 9 nitrogen and oxygen atoms in total. The van der Waals surface area contributed by atoms with Gasteiger partial charge in [0.2, 0.25) is 15.9 Å². The molecule has 30 heavy (non-hydrogen) atoms. The van der Waals surface area contributed by atoms with Gasteiger partial charge >= 0.3 is 0 Å². The van der Waals surface area contributed by atoms with Crippen molar-refractivity contribution in [3.05, 3.63) is 29.0 Å². The Hall–Kier alpha value is -2.33. The van der Waals surface area contributed by atoms with Gasteiger partial charge in [0, 0.05) is 43.5 Å². The molecule has 2 aromatic rings. The number of nitrogens with zero attached hydrogens (tertiary/aromatic N) is 6. The number of rotatable bonds is 4. The fourth-order valence-electron chi connectivity index (χ4n) is 4.23. The van der Waals surface area contributed by atoms with Gasteiger partial charge in [0.1, 0.15) is 16.5 Å². The van der Waals surface area contributed by atoms with E-state index >= 15 is 0 Å². The second kappa shape index (κ2) is 7.42. The van der Waals surface area contributed by atoms with E-state index in [-0.39, 0.29) is 16.8 Å². The molecule has 0 spiro atoms. The molecule has 4 heterocycles. The van der Waals surface area contributed by atoms with Gasteiger partial charge in [0.05, 0.1) is 11.7 Å². The average Bonchev–Trinajstić information content (AvgIpc) is 3.32. The minimum atomic E-state index is -3.75. The van der Waals surface area contributed by atoms with Gasteiger partial charge in [-0.25, -0.2) is 18.4 Å². The number of anilines is 1. The average molecular weight is 433 g/mol. The van der Waals surface area contributed by atoms with Crippen LogP contribution in [-0.2, 0) is 21.2 Å². The quantitative estimate of drug-likeness (QED) is 0.735. The zero-order valence-electron chi connectivity index (χ0n) is 18.1. The van der Waals surface area contributed by atoms with Gasteiger partial charge in [0.25, 0.3) is 0 Å². The molecule has 4 rings (SSSR count). The highest BCUT2D eigenvalue weighted by atomic mass is 32.2. The fourth-order valence-corrected chi connectivity index (χ4v) is 6.05. The van der Waals surface area contributed by atoms with Gasteiger partial charge < -0.3 is 0 Å². The monoisotopic (exact) mass is 432 g/mol. The highest BCUT2D eigenvalue weighted by molar-refractivity contribution is 7.89. The van der Waals surface area contributed by atoms with Crippen LogP contribution in [0, 0.1) is 13.8 Å². The van der Waals surface area contributed by atoms with Crippen molar-refractivity contribution < 1.29 is 13.2 Å². The Morgan fingerprint density at radius 3 is 2.53 bits per heavy atom. The summed E-state index contributed by atoms with van der Waals surface area (Å²) in [5.74, 6) is 1.07. The van der Waals surface area contributed by atoms with E-state index in [0.29, 0.717) is 43.1 Å². The molecule has 1 saturated heterocycles. The van der Waals surface area contributed by atoms with Crippen molar-refractivity contribution in [1.82, 2.24) is 24.1 Å². The maximum atomic E-state index is 13.5. The van der Waals surface area contributed by atoms with E-state index < -0.39 is 16.1 Å². The maximum Gasteiger partial charge on any atom is 0.247 e. The molecule has 162 valence electrons. The lowest BCUT2D eigenvalue weighted by molar-refractivity contribution is -0.118. The van der Waals surface area contributed by atoms with Crippen LogP contribution in [-0.4, -0.2) is 52.0 Å². The van der Waals surface area contributed by atoms with Crippen LogP contribution in [0.4, 0.5) is 5.82 Å². The smallest absolute Gasteiger partial charge is 0.247 e. The zero-order valence-corrected chi connectivity index (χ0v) is 18.9. The fraction of sp³-hybridized carbons (Fsp3) is 0.600. The lowest BCUT2D eigenvalue weighted by Gasteiger charge is -2.28. The van der Waals surface area contributed by atoms with E-state index in [0.717, 1.165) is 17.7 Å². The van der Waals surface area contributed by atoms with Crippen molar-refractivity contribution >= 4 is 21.7 Å². The minimum Gasteiger partial charge on any atom is -0.300 e. The third-order valence-corrected chi connectivity index (χ3v) is 7.99. The topological polar surface area (TPSA) is 101 Å². The van der Waals surface area contributed by atoms with E-state index in [1.807, 2.05) is 20.8 Å². The molecule has 0 radical (unpaired) electrons. The number of sulfonamides is 1. The first kappa shape index (κ1) is 20.9. The highest BCUT2D eigenvalue weighted by Crippen LogP contribution is 2.38. The van der Waals surface area contributed by atoms with Crippen LogP contribution >= 0.6 is 0 Å². The van der Waals surface area contributed by atoms with E-state index in [2.05, 4.69) is 15.1 Å². The van der Waals surface area contributed by atoms with Crippen molar-refractivity contribution in [3.63, 3.8) is 0 Å². The summed E-state index contributed by atoms with van der Waals surface area (Å²) >= 11 is 0. The van der Waals surface area contributed by atoms with Gasteiger partial charge in [-0.1, -0.05) is 0 Å². The molecule has 1 fully saturated rings. The first-order chi connectivity index (χ1) is 14.1. The highest BCUT2D eigenvalue weighted by Gasteiger charge is 2.40. The number of aryl methyl sites for hydroxylation is 2. The molecule has 0 unspecified atom stereocenters. The lowest BCUT2D eigenvalue weighted by Crippen LogP contribution is -2.35. The second-order valence-corrected chi connectivity index (χ2v) is 10.2. The van der Waals surface area contributed by atoms with Gasteiger partial charge in [-0.2, -0.15) is 9.40 Å². The molecular weight excluding hydrogens is 404 g/mol. The predicted octanol–water partition coefficient (Wildman–Crippen LogP) is 2.31. The molecule has 2 aliphatic heterocycles. The van der Waals surface area contributed by atoms with E-state index in [1.54, 1.807) is 29.7 Å². The summed E-state index contributed by atoms with van der Waals surface area (Å²) < 4.78 is 30.2. The van der Waals surface area contributed by atoms with Gasteiger partial charge in [0.15, 0.2) is 0 Å².